The average molecular weight is 252 g/mol. The van der Waals surface area contributed by atoms with Gasteiger partial charge in [-0.1, -0.05) is 25.5 Å². The lowest BCUT2D eigenvalue weighted by Gasteiger charge is -2.26. The second kappa shape index (κ2) is 5.43. The van der Waals surface area contributed by atoms with E-state index in [2.05, 4.69) is 13.0 Å². The van der Waals surface area contributed by atoms with Crippen LogP contribution in [0.3, 0.4) is 0 Å². The Morgan fingerprint density at radius 2 is 2.11 bits per heavy atom. The average Bonchev–Trinajstić information content (AvgIpc) is 2.59. The van der Waals surface area contributed by atoms with Crippen LogP contribution in [-0.2, 0) is 9.53 Å². The highest BCUT2D eigenvalue weighted by Gasteiger charge is 2.42. The zero-order valence-electron chi connectivity index (χ0n) is 11.6. The topological polar surface area (TPSA) is 46.5 Å². The van der Waals surface area contributed by atoms with Crippen LogP contribution in [0.1, 0.15) is 46.5 Å². The molecule has 1 heterocycles. The van der Waals surface area contributed by atoms with Gasteiger partial charge in [-0.05, 0) is 38.5 Å². The van der Waals surface area contributed by atoms with Gasteiger partial charge in [-0.15, -0.1) is 0 Å². The summed E-state index contributed by atoms with van der Waals surface area (Å²) < 4.78 is 5.49. The van der Waals surface area contributed by atoms with Crippen molar-refractivity contribution >= 4 is 5.97 Å². The second-order valence-electron chi connectivity index (χ2n) is 6.03. The number of aliphatic hydroxyl groups is 1. The third kappa shape index (κ3) is 2.77. The van der Waals surface area contributed by atoms with Gasteiger partial charge in [0, 0.05) is 5.92 Å². The van der Waals surface area contributed by atoms with Crippen LogP contribution in [0.25, 0.3) is 0 Å². The van der Waals surface area contributed by atoms with Crippen molar-refractivity contribution < 1.29 is 14.6 Å². The van der Waals surface area contributed by atoms with Gasteiger partial charge in [-0.3, -0.25) is 4.79 Å². The maximum absolute atomic E-state index is 11.7. The van der Waals surface area contributed by atoms with Gasteiger partial charge in [-0.2, -0.15) is 0 Å². The first-order valence-electron chi connectivity index (χ1n) is 7.03. The van der Waals surface area contributed by atoms with Gasteiger partial charge in [0.25, 0.3) is 0 Å². The molecular weight excluding hydrogens is 228 g/mol. The van der Waals surface area contributed by atoms with Crippen molar-refractivity contribution in [3.8, 4) is 0 Å². The van der Waals surface area contributed by atoms with Crippen molar-refractivity contribution in [2.24, 2.45) is 17.8 Å². The first kappa shape index (κ1) is 13.6. The smallest absolute Gasteiger partial charge is 0.309 e. The van der Waals surface area contributed by atoms with Crippen LogP contribution in [0.15, 0.2) is 11.6 Å². The molecule has 1 aliphatic heterocycles. The van der Waals surface area contributed by atoms with E-state index in [0.717, 1.165) is 19.3 Å². The van der Waals surface area contributed by atoms with Crippen molar-refractivity contribution in [2.75, 3.05) is 0 Å². The molecule has 1 N–H and O–H groups in total. The first-order valence-corrected chi connectivity index (χ1v) is 7.03. The van der Waals surface area contributed by atoms with E-state index in [-0.39, 0.29) is 30.0 Å². The van der Waals surface area contributed by atoms with Gasteiger partial charge in [0.2, 0.25) is 0 Å². The maximum Gasteiger partial charge on any atom is 0.309 e. The Kier molecular flexibility index (Phi) is 4.10. The van der Waals surface area contributed by atoms with E-state index in [0.29, 0.717) is 12.3 Å². The van der Waals surface area contributed by atoms with E-state index in [4.69, 9.17) is 4.74 Å². The summed E-state index contributed by atoms with van der Waals surface area (Å²) in [5.74, 6) is 0.436. The summed E-state index contributed by atoms with van der Waals surface area (Å²) in [6, 6.07) is 0. The molecule has 0 bridgehead atoms. The van der Waals surface area contributed by atoms with Crippen molar-refractivity contribution in [2.45, 2.75) is 58.7 Å². The lowest BCUT2D eigenvalue weighted by Crippen LogP contribution is -2.27. The predicted molar refractivity (Wildman–Crippen MR) is 69.9 cm³/mol. The van der Waals surface area contributed by atoms with Crippen LogP contribution in [0.2, 0.25) is 0 Å². The standard InChI is InChI=1S/C15H24O3/c1-9-4-6-12-11(3)15(17)18-14(12)8-10(2)13(16)7-5-9/h5,10-14,16H,4,6-8H2,1-3H3/b9-5-. The summed E-state index contributed by atoms with van der Waals surface area (Å²) in [4.78, 5) is 11.7. The molecule has 18 heavy (non-hydrogen) atoms. The first-order chi connectivity index (χ1) is 8.49. The zero-order chi connectivity index (χ0) is 13.3. The molecule has 3 heteroatoms. The van der Waals surface area contributed by atoms with Gasteiger partial charge < -0.3 is 9.84 Å². The van der Waals surface area contributed by atoms with Crippen LogP contribution in [0, 0.1) is 17.8 Å². The Morgan fingerprint density at radius 1 is 1.39 bits per heavy atom. The SMILES string of the molecule is C/C1=C/CC(O)C(C)CC2OC(=O)C(C)C2CC1. The third-order valence-electron chi connectivity index (χ3n) is 4.60. The van der Waals surface area contributed by atoms with Crippen molar-refractivity contribution in [1.82, 2.24) is 0 Å². The third-order valence-corrected chi connectivity index (χ3v) is 4.60. The monoisotopic (exact) mass is 252 g/mol. The zero-order valence-corrected chi connectivity index (χ0v) is 11.6. The highest BCUT2D eigenvalue weighted by molar-refractivity contribution is 5.74. The van der Waals surface area contributed by atoms with Gasteiger partial charge in [0.1, 0.15) is 6.10 Å². The van der Waals surface area contributed by atoms with E-state index >= 15 is 0 Å². The van der Waals surface area contributed by atoms with Crippen LogP contribution in [0.4, 0.5) is 0 Å². The van der Waals surface area contributed by atoms with Crippen LogP contribution < -0.4 is 0 Å². The normalized spacial score (nSPS) is 44.8. The molecule has 2 aliphatic rings. The Morgan fingerprint density at radius 3 is 2.83 bits per heavy atom. The Hall–Kier alpha value is -0.830. The van der Waals surface area contributed by atoms with E-state index in [1.807, 2.05) is 13.8 Å². The van der Waals surface area contributed by atoms with E-state index < -0.39 is 0 Å². The number of fused-ring (bicyclic) bond motifs is 1. The van der Waals surface area contributed by atoms with Gasteiger partial charge in [0.15, 0.2) is 0 Å². The molecule has 0 spiro atoms. The molecule has 5 atom stereocenters. The number of carbonyl (C=O) groups excluding carboxylic acids is 1. The lowest BCUT2D eigenvalue weighted by atomic mass is 9.81. The molecule has 102 valence electrons. The maximum atomic E-state index is 11.7. The highest BCUT2D eigenvalue weighted by atomic mass is 16.6. The molecule has 1 saturated heterocycles. The summed E-state index contributed by atoms with van der Waals surface area (Å²) in [5, 5.41) is 10.1. The van der Waals surface area contributed by atoms with Crippen LogP contribution >= 0.6 is 0 Å². The Bertz CT molecular complexity index is 348. The molecule has 2 rings (SSSR count). The fourth-order valence-electron chi connectivity index (χ4n) is 3.07. The number of hydrogen-bond acceptors (Lipinski definition) is 3. The van der Waals surface area contributed by atoms with Crippen molar-refractivity contribution in [1.29, 1.82) is 0 Å². The molecule has 0 saturated carbocycles. The van der Waals surface area contributed by atoms with Gasteiger partial charge >= 0.3 is 5.97 Å². The molecule has 0 radical (unpaired) electrons. The molecule has 0 amide bonds. The summed E-state index contributed by atoms with van der Waals surface area (Å²) in [5.41, 5.74) is 1.31. The number of carbonyl (C=O) groups is 1. The quantitative estimate of drug-likeness (QED) is 0.532. The molecular formula is C15H24O3. The molecule has 0 aromatic heterocycles. The molecule has 1 aliphatic carbocycles. The largest absolute Gasteiger partial charge is 0.462 e. The number of aliphatic hydroxyl groups excluding tert-OH is 1. The van der Waals surface area contributed by atoms with Crippen LogP contribution in [0.5, 0.6) is 0 Å². The van der Waals surface area contributed by atoms with Crippen molar-refractivity contribution in [3.05, 3.63) is 11.6 Å². The highest BCUT2D eigenvalue weighted by Crippen LogP contribution is 2.37. The minimum Gasteiger partial charge on any atom is -0.462 e. The van der Waals surface area contributed by atoms with Crippen LogP contribution in [-0.4, -0.2) is 23.3 Å². The lowest BCUT2D eigenvalue weighted by molar-refractivity contribution is -0.144. The second-order valence-corrected chi connectivity index (χ2v) is 6.03. The summed E-state index contributed by atoms with van der Waals surface area (Å²) in [7, 11) is 0. The molecule has 0 aromatic rings. The van der Waals surface area contributed by atoms with Gasteiger partial charge in [0.05, 0.1) is 12.0 Å². The summed E-state index contributed by atoms with van der Waals surface area (Å²) in [6.07, 6.45) is 5.34. The molecule has 3 nitrogen and oxygen atoms in total. The summed E-state index contributed by atoms with van der Waals surface area (Å²) >= 11 is 0. The number of hydrogen-bond donors (Lipinski definition) is 1. The molecule has 0 aromatic carbocycles. The predicted octanol–water partition coefficient (Wildman–Crippen LogP) is 2.68. The van der Waals surface area contributed by atoms with Gasteiger partial charge in [-0.25, -0.2) is 0 Å². The Labute approximate surface area is 109 Å². The molecule has 1 fully saturated rings. The number of esters is 1. The minimum atomic E-state index is -0.326. The van der Waals surface area contributed by atoms with E-state index in [1.165, 1.54) is 5.57 Å². The number of rotatable bonds is 0. The minimum absolute atomic E-state index is 0.00282. The van der Waals surface area contributed by atoms with E-state index in [9.17, 15) is 9.90 Å². The van der Waals surface area contributed by atoms with E-state index in [1.54, 1.807) is 0 Å². The number of ether oxygens (including phenoxy) is 1. The number of allylic oxidation sites excluding steroid dienone is 1. The van der Waals surface area contributed by atoms with Crippen molar-refractivity contribution in [3.63, 3.8) is 0 Å². The summed E-state index contributed by atoms with van der Waals surface area (Å²) in [6.45, 7) is 6.12. The fourth-order valence-corrected chi connectivity index (χ4v) is 3.07. The fraction of sp³-hybridized carbons (Fsp3) is 0.800. The Balaban J connectivity index is 2.17. The molecule has 5 unspecified atom stereocenters.